The third-order valence-electron chi connectivity index (χ3n) is 13.5. The molecular weight excluding hydrogens is 924 g/mol. The highest BCUT2D eigenvalue weighted by Crippen LogP contribution is 2.35. The average Bonchev–Trinajstić information content (AvgIpc) is 3.32. The Morgan fingerprint density at radius 3 is 1.39 bits per heavy atom. The number of aliphatic hydroxyl groups excluding tert-OH is 14. The van der Waals surface area contributed by atoms with Crippen LogP contribution in [0.5, 0.6) is 0 Å². The molecule has 69 heavy (non-hydrogen) atoms. The zero-order valence-corrected chi connectivity index (χ0v) is 39.9. The Morgan fingerprint density at radius 1 is 0.464 bits per heavy atom. The molecule has 0 aromatic carbocycles. The van der Waals surface area contributed by atoms with Crippen LogP contribution in [-0.4, -0.2) is 251 Å². The summed E-state index contributed by atoms with van der Waals surface area (Å²) >= 11 is 0. The van der Waals surface area contributed by atoms with Crippen LogP contribution in [0.25, 0.3) is 0 Å². The second kappa shape index (κ2) is 26.6. The lowest BCUT2D eigenvalue weighted by atomic mass is 9.96. The number of allylic oxidation sites excluding steroid dienone is 3. The third-order valence-corrected chi connectivity index (χ3v) is 13.5. The highest BCUT2D eigenvalue weighted by atomic mass is 16.8. The fourth-order valence-corrected chi connectivity index (χ4v) is 8.76. The Labute approximate surface area is 401 Å². The Kier molecular flexibility index (Phi) is 22.6. The molecule has 24 heteroatoms. The molecule has 0 spiro atoms. The van der Waals surface area contributed by atoms with Crippen LogP contribution in [0.2, 0.25) is 0 Å². The van der Waals surface area contributed by atoms with E-state index in [1.165, 1.54) is 20.8 Å². The van der Waals surface area contributed by atoms with Crippen LogP contribution in [0.1, 0.15) is 73.6 Å². The summed E-state index contributed by atoms with van der Waals surface area (Å²) in [6.07, 6.45) is -29.1. The maximum absolute atomic E-state index is 11.3. The molecule has 0 aromatic rings. The molecule has 5 fully saturated rings. The lowest BCUT2D eigenvalue weighted by molar-refractivity contribution is -0.388. The largest absolute Gasteiger partial charge is 0.394 e. The minimum absolute atomic E-state index is 0.00525. The van der Waals surface area contributed by atoms with Crippen LogP contribution < -0.4 is 0 Å². The average molecular weight is 1000 g/mol. The van der Waals surface area contributed by atoms with Gasteiger partial charge in [0.15, 0.2) is 31.5 Å². The van der Waals surface area contributed by atoms with E-state index in [2.05, 4.69) is 6.08 Å². The van der Waals surface area contributed by atoms with Crippen molar-refractivity contribution in [2.75, 3.05) is 26.4 Å². The van der Waals surface area contributed by atoms with Crippen molar-refractivity contribution >= 4 is 0 Å². The molecule has 0 amide bonds. The molecule has 5 heterocycles. The molecule has 402 valence electrons. The van der Waals surface area contributed by atoms with Gasteiger partial charge in [-0.05, 0) is 72.6 Å². The van der Waals surface area contributed by atoms with Gasteiger partial charge >= 0.3 is 0 Å². The van der Waals surface area contributed by atoms with Crippen LogP contribution in [0.3, 0.4) is 0 Å². The van der Waals surface area contributed by atoms with Gasteiger partial charge < -0.3 is 119 Å². The van der Waals surface area contributed by atoms with Crippen molar-refractivity contribution in [2.24, 2.45) is 5.92 Å². The fraction of sp³-hybridized carbons (Fsp3) is 0.911. The normalized spacial score (nSPS) is 46.5. The highest BCUT2D eigenvalue weighted by molar-refractivity contribution is 5.04. The van der Waals surface area contributed by atoms with E-state index in [1.54, 1.807) is 6.08 Å². The van der Waals surface area contributed by atoms with Gasteiger partial charge in [0.25, 0.3) is 0 Å². The topological polar surface area (TPSA) is 376 Å². The zero-order chi connectivity index (χ0) is 51.0. The molecule has 0 aromatic heterocycles. The Morgan fingerprint density at radius 2 is 0.899 bits per heavy atom. The van der Waals surface area contributed by atoms with Gasteiger partial charge in [-0.25, -0.2) is 0 Å². The zero-order valence-electron chi connectivity index (χ0n) is 39.9. The van der Waals surface area contributed by atoms with Gasteiger partial charge in [-0.15, -0.1) is 0 Å². The SMILES string of the molecule is C/C(=C\CO[C@@H]1O[C@H](CO)[C@@H](O)[C@@H](O[C@H]2O[C@H](C)[C@H](O)[C@H](O)[C@H]2O)[C@@H]1O[C@H]1O[C@@H](C)[C@H](O)[C@@H](O)[C@@H]1O)CC/C=C(\C)CCC[C@@H](C)CO[C@@H]1O[C@H](CO)[C@H](O)[C@@H](O)[C@H]1O[C@H]1O[C@@H](C)[C@H](O)[C@@H](O)[C@@H]1O. The molecule has 26 atom stereocenters. The summed E-state index contributed by atoms with van der Waals surface area (Å²) in [5.41, 5.74) is 2.08. The molecule has 0 saturated carbocycles. The van der Waals surface area contributed by atoms with Crippen molar-refractivity contribution < 1.29 is 119 Å². The van der Waals surface area contributed by atoms with Gasteiger partial charge in [0.05, 0.1) is 44.7 Å². The molecule has 0 aliphatic carbocycles. The molecule has 0 unspecified atom stereocenters. The lowest BCUT2D eigenvalue weighted by Crippen LogP contribution is -2.66. The number of hydrogen-bond acceptors (Lipinski definition) is 24. The second-order valence-electron chi connectivity index (χ2n) is 19.1. The summed E-state index contributed by atoms with van der Waals surface area (Å²) in [4.78, 5) is 0. The van der Waals surface area contributed by atoms with E-state index >= 15 is 0 Å². The smallest absolute Gasteiger partial charge is 0.187 e. The summed E-state index contributed by atoms with van der Waals surface area (Å²) in [5, 5.41) is 146. The number of rotatable bonds is 21. The quantitative estimate of drug-likeness (QED) is 0.0483. The first-order chi connectivity index (χ1) is 32.6. The monoisotopic (exact) mass is 1000 g/mol. The first-order valence-corrected chi connectivity index (χ1v) is 23.8. The van der Waals surface area contributed by atoms with E-state index in [0.717, 1.165) is 30.4 Å². The Balaban J connectivity index is 1.13. The maximum atomic E-state index is 11.3. The predicted molar refractivity (Wildman–Crippen MR) is 233 cm³/mol. The number of ether oxygens (including phenoxy) is 10. The number of aliphatic hydroxyl groups is 14. The van der Waals surface area contributed by atoms with E-state index in [4.69, 9.17) is 47.4 Å². The van der Waals surface area contributed by atoms with Gasteiger partial charge in [0.2, 0.25) is 0 Å². The van der Waals surface area contributed by atoms with Crippen LogP contribution >= 0.6 is 0 Å². The van der Waals surface area contributed by atoms with Crippen molar-refractivity contribution in [1.82, 2.24) is 0 Å². The van der Waals surface area contributed by atoms with Crippen LogP contribution in [-0.2, 0) is 47.4 Å². The molecule has 5 aliphatic rings. The second-order valence-corrected chi connectivity index (χ2v) is 19.1. The van der Waals surface area contributed by atoms with E-state index in [1.807, 2.05) is 20.8 Å². The fourth-order valence-electron chi connectivity index (χ4n) is 8.76. The standard InChI is InChI=1S/C45H78O24/c1-18(10-8-12-20(3)17-61-44-39(34(56)29(51)24(15-46)65-44)68-42-36(58)32(54)27(49)22(5)63-42)9-7-11-19(2)13-14-60-45-40(69-43-37(59)33(55)28(50)23(6)64-43)38(30(52)25(16-47)66-45)67-41-35(57)31(53)26(48)21(4)62-41/h9,13,20-59H,7-8,10-12,14-17H2,1-6H3/b18-9+,19-13+/t20-,21-,22+,23+,24-,25-,26+,27+,28+,29+,30-,31+,32-,33-,34-,35-,36+,37+,38-,39-,40+,41-,42-,43-,44-,45-/m1/s1. The highest BCUT2D eigenvalue weighted by Gasteiger charge is 2.55. The molecule has 24 nitrogen and oxygen atoms in total. The molecule has 5 rings (SSSR count). The molecule has 0 bridgehead atoms. The molecular formula is C45H78O24. The van der Waals surface area contributed by atoms with E-state index in [0.29, 0.717) is 12.8 Å². The molecule has 14 N–H and O–H groups in total. The lowest BCUT2D eigenvalue weighted by Gasteiger charge is -2.48. The van der Waals surface area contributed by atoms with Crippen LogP contribution in [0.15, 0.2) is 23.3 Å². The van der Waals surface area contributed by atoms with E-state index in [-0.39, 0.29) is 19.1 Å². The first kappa shape index (κ1) is 58.4. The van der Waals surface area contributed by atoms with Crippen molar-refractivity contribution in [3.05, 3.63) is 23.3 Å². The summed E-state index contributed by atoms with van der Waals surface area (Å²) < 4.78 is 58.3. The summed E-state index contributed by atoms with van der Waals surface area (Å²) in [6, 6.07) is 0. The number of hydrogen-bond donors (Lipinski definition) is 14. The minimum atomic E-state index is -1.79. The van der Waals surface area contributed by atoms with E-state index in [9.17, 15) is 71.5 Å². The van der Waals surface area contributed by atoms with Crippen molar-refractivity contribution in [1.29, 1.82) is 0 Å². The summed E-state index contributed by atoms with van der Waals surface area (Å²) in [5.74, 6) is -0.00525. The third kappa shape index (κ3) is 14.6. The molecule has 5 saturated heterocycles. The summed E-state index contributed by atoms with van der Waals surface area (Å²) in [6.45, 7) is 8.96. The molecule has 5 aliphatic heterocycles. The van der Waals surface area contributed by atoms with Gasteiger partial charge in [0, 0.05) is 0 Å². The maximum Gasteiger partial charge on any atom is 0.187 e. The van der Waals surface area contributed by atoms with Crippen LogP contribution in [0, 0.1) is 5.92 Å². The van der Waals surface area contributed by atoms with Gasteiger partial charge in [0.1, 0.15) is 104 Å². The predicted octanol–water partition coefficient (Wildman–Crippen LogP) is -4.35. The van der Waals surface area contributed by atoms with Crippen molar-refractivity contribution in [3.8, 4) is 0 Å². The van der Waals surface area contributed by atoms with Gasteiger partial charge in [-0.1, -0.05) is 30.2 Å². The Hall–Kier alpha value is -1.48. The van der Waals surface area contributed by atoms with Crippen LogP contribution in [0.4, 0.5) is 0 Å². The van der Waals surface area contributed by atoms with Gasteiger partial charge in [-0.3, -0.25) is 0 Å². The van der Waals surface area contributed by atoms with Crippen molar-refractivity contribution in [3.63, 3.8) is 0 Å². The molecule has 0 radical (unpaired) electrons. The summed E-state index contributed by atoms with van der Waals surface area (Å²) in [7, 11) is 0. The van der Waals surface area contributed by atoms with E-state index < -0.39 is 167 Å². The Bertz CT molecular complexity index is 1590. The van der Waals surface area contributed by atoms with Gasteiger partial charge in [-0.2, -0.15) is 0 Å². The first-order valence-electron chi connectivity index (χ1n) is 23.8. The van der Waals surface area contributed by atoms with Crippen molar-refractivity contribution in [2.45, 2.75) is 227 Å². The minimum Gasteiger partial charge on any atom is -0.394 e.